The van der Waals surface area contributed by atoms with Crippen molar-refractivity contribution in [3.63, 3.8) is 0 Å². The second-order valence-electron chi connectivity index (χ2n) is 10.8. The van der Waals surface area contributed by atoms with Gasteiger partial charge in [-0.1, -0.05) is 6.08 Å². The maximum atomic E-state index is 12.8. The highest BCUT2D eigenvalue weighted by molar-refractivity contribution is 5.79. The number of aryl methyl sites for hydroxylation is 1. The van der Waals surface area contributed by atoms with Crippen LogP contribution in [-0.4, -0.2) is 63.4 Å². The zero-order chi connectivity index (χ0) is 27.9. The van der Waals surface area contributed by atoms with Gasteiger partial charge in [0.25, 0.3) is 0 Å². The van der Waals surface area contributed by atoms with E-state index in [1.807, 2.05) is 92.0 Å². The number of carbonyl (C=O) groups is 1. The second kappa shape index (κ2) is 9.99. The predicted molar refractivity (Wildman–Crippen MR) is 152 cm³/mol. The normalized spacial score (nSPS) is 13.9. The number of nitrogens with one attached hydrogen (secondary N) is 1. The summed E-state index contributed by atoms with van der Waals surface area (Å²) in [6, 6.07) is 8.02. The first-order chi connectivity index (χ1) is 19.2. The number of amides is 1. The van der Waals surface area contributed by atoms with Crippen molar-refractivity contribution in [2.24, 2.45) is 7.05 Å². The molecule has 0 unspecified atom stereocenters. The van der Waals surface area contributed by atoms with E-state index in [0.29, 0.717) is 31.0 Å². The van der Waals surface area contributed by atoms with Crippen molar-refractivity contribution in [2.75, 3.05) is 18.4 Å². The van der Waals surface area contributed by atoms with Crippen LogP contribution in [-0.2, 0) is 11.8 Å². The van der Waals surface area contributed by atoms with Crippen molar-refractivity contribution in [3.8, 4) is 16.9 Å². The molecule has 4 aromatic heterocycles. The number of carbonyl (C=O) groups excluding carboxylic acids is 1. The van der Waals surface area contributed by atoms with Crippen LogP contribution in [0, 0.1) is 0 Å². The molecule has 5 heterocycles. The highest BCUT2D eigenvalue weighted by atomic mass is 16.6. The van der Waals surface area contributed by atoms with Gasteiger partial charge in [-0.25, -0.2) is 19.7 Å². The Morgan fingerprint density at radius 2 is 1.93 bits per heavy atom. The number of imidazole rings is 2. The second-order valence-corrected chi connectivity index (χ2v) is 10.8. The Morgan fingerprint density at radius 3 is 2.62 bits per heavy atom. The Balaban J connectivity index is 1.37. The van der Waals surface area contributed by atoms with E-state index < -0.39 is 5.60 Å². The van der Waals surface area contributed by atoms with Gasteiger partial charge in [-0.05, 0) is 57.0 Å². The highest BCUT2D eigenvalue weighted by Gasteiger charge is 2.26. The molecule has 1 aliphatic rings. The van der Waals surface area contributed by atoms with Gasteiger partial charge in [0.05, 0.1) is 36.7 Å². The molecule has 1 N–H and O–H groups in total. The van der Waals surface area contributed by atoms with Crippen molar-refractivity contribution in [3.05, 3.63) is 79.5 Å². The summed E-state index contributed by atoms with van der Waals surface area (Å²) in [5.74, 6) is 0.610. The lowest BCUT2D eigenvalue weighted by Crippen LogP contribution is -2.39. The average Bonchev–Trinajstić information content (AvgIpc) is 3.69. The summed E-state index contributed by atoms with van der Waals surface area (Å²) in [6.45, 7) is 6.63. The lowest BCUT2D eigenvalue weighted by molar-refractivity contribution is 0.0273. The molecule has 11 nitrogen and oxygen atoms in total. The lowest BCUT2D eigenvalue weighted by Gasteiger charge is -2.30. The molecule has 1 amide bonds. The first-order valence-electron chi connectivity index (χ1n) is 13.1. The SMILES string of the molecule is Cn1cc(-c2cnc3c(Nc4ccc(-n5ccnc5)cc4)nc(C4=CCCN(C(=O)OC(C)(C)C)C4)cn23)cn1. The number of hydrogen-bond acceptors (Lipinski definition) is 7. The number of hydrogen-bond donors (Lipinski definition) is 1. The van der Waals surface area contributed by atoms with Crippen LogP contribution in [0.25, 0.3) is 28.2 Å². The highest BCUT2D eigenvalue weighted by Crippen LogP contribution is 2.29. The molecule has 6 rings (SSSR count). The number of rotatable bonds is 5. The third-order valence-electron chi connectivity index (χ3n) is 6.56. The summed E-state index contributed by atoms with van der Waals surface area (Å²) in [4.78, 5) is 28.4. The summed E-state index contributed by atoms with van der Waals surface area (Å²) in [7, 11) is 1.89. The summed E-state index contributed by atoms with van der Waals surface area (Å²) < 4.78 is 11.4. The Kier molecular flexibility index (Phi) is 6.33. The maximum Gasteiger partial charge on any atom is 0.410 e. The molecule has 1 aliphatic heterocycles. The van der Waals surface area contributed by atoms with Gasteiger partial charge in [-0.15, -0.1) is 0 Å². The monoisotopic (exact) mass is 537 g/mol. The molecule has 0 fully saturated rings. The molecule has 0 saturated carbocycles. The van der Waals surface area contributed by atoms with E-state index in [4.69, 9.17) is 14.7 Å². The third kappa shape index (κ3) is 5.18. The van der Waals surface area contributed by atoms with Crippen LogP contribution in [0.15, 0.2) is 73.8 Å². The number of aromatic nitrogens is 7. The van der Waals surface area contributed by atoms with Gasteiger partial charge in [-0.2, -0.15) is 5.10 Å². The lowest BCUT2D eigenvalue weighted by atomic mass is 10.1. The average molecular weight is 538 g/mol. The summed E-state index contributed by atoms with van der Waals surface area (Å²) in [5, 5.41) is 7.80. The number of nitrogens with zero attached hydrogens (tertiary/aromatic N) is 8. The number of benzene rings is 1. The molecule has 0 spiro atoms. The fraction of sp³-hybridized carbons (Fsp3) is 0.276. The van der Waals surface area contributed by atoms with Crippen LogP contribution >= 0.6 is 0 Å². The smallest absolute Gasteiger partial charge is 0.410 e. The van der Waals surface area contributed by atoms with Crippen LogP contribution in [0.5, 0.6) is 0 Å². The molecule has 40 heavy (non-hydrogen) atoms. The van der Waals surface area contributed by atoms with Crippen molar-refractivity contribution >= 4 is 28.8 Å². The summed E-state index contributed by atoms with van der Waals surface area (Å²) in [6.07, 6.45) is 15.5. The van der Waals surface area contributed by atoms with Gasteiger partial charge in [0.15, 0.2) is 11.5 Å². The summed E-state index contributed by atoms with van der Waals surface area (Å²) in [5.41, 5.74) is 5.53. The zero-order valence-electron chi connectivity index (χ0n) is 22.9. The van der Waals surface area contributed by atoms with Crippen LogP contribution in [0.2, 0.25) is 0 Å². The molecule has 11 heteroatoms. The fourth-order valence-corrected chi connectivity index (χ4v) is 4.67. The quantitative estimate of drug-likeness (QED) is 0.333. The van der Waals surface area contributed by atoms with Gasteiger partial charge < -0.3 is 19.5 Å². The molecule has 0 saturated heterocycles. The molecule has 0 radical (unpaired) electrons. The predicted octanol–water partition coefficient (Wildman–Crippen LogP) is 5.08. The molecule has 204 valence electrons. The number of fused-ring (bicyclic) bond motifs is 1. The minimum atomic E-state index is -0.560. The molecule has 0 bridgehead atoms. The van der Waals surface area contributed by atoms with E-state index in [0.717, 1.165) is 33.9 Å². The maximum absolute atomic E-state index is 12.8. The molecule has 0 atom stereocenters. The number of ether oxygens (including phenoxy) is 1. The van der Waals surface area contributed by atoms with E-state index in [2.05, 4.69) is 21.5 Å². The van der Waals surface area contributed by atoms with Gasteiger partial charge in [0.1, 0.15) is 5.60 Å². The zero-order valence-corrected chi connectivity index (χ0v) is 22.9. The van der Waals surface area contributed by atoms with Gasteiger partial charge >= 0.3 is 6.09 Å². The number of anilines is 2. The van der Waals surface area contributed by atoms with E-state index in [1.165, 1.54) is 0 Å². The molecule has 5 aromatic rings. The first kappa shape index (κ1) is 25.4. The summed E-state index contributed by atoms with van der Waals surface area (Å²) >= 11 is 0. The Hall–Kier alpha value is -4.93. The Morgan fingerprint density at radius 1 is 1.10 bits per heavy atom. The third-order valence-corrected chi connectivity index (χ3v) is 6.56. The van der Waals surface area contributed by atoms with E-state index in [-0.39, 0.29) is 6.09 Å². The largest absolute Gasteiger partial charge is 0.444 e. The van der Waals surface area contributed by atoms with Crippen molar-refractivity contribution in [1.29, 1.82) is 0 Å². The molecule has 0 aliphatic carbocycles. The minimum absolute atomic E-state index is 0.325. The van der Waals surface area contributed by atoms with Crippen molar-refractivity contribution < 1.29 is 9.53 Å². The minimum Gasteiger partial charge on any atom is -0.444 e. The Bertz CT molecular complexity index is 1690. The van der Waals surface area contributed by atoms with Crippen LogP contribution < -0.4 is 5.32 Å². The molecular formula is C29H31N9O2. The van der Waals surface area contributed by atoms with Gasteiger partial charge in [0.2, 0.25) is 0 Å². The fourth-order valence-electron chi connectivity index (χ4n) is 4.67. The standard InChI is InChI=1S/C29H31N9O2/c1-29(2,3)40-28(39)36-12-5-6-20(17-36)24-18-38-25(21-14-32-35(4)16-21)15-31-27(38)26(34-24)33-22-7-9-23(10-8-22)37-13-11-30-19-37/h6-11,13-16,18-19H,5,12,17H2,1-4H3,(H,33,34). The topological polar surface area (TPSA) is 107 Å². The first-order valence-corrected chi connectivity index (χ1v) is 13.1. The van der Waals surface area contributed by atoms with E-state index >= 15 is 0 Å². The van der Waals surface area contributed by atoms with Crippen molar-refractivity contribution in [2.45, 2.75) is 32.8 Å². The van der Waals surface area contributed by atoms with E-state index in [9.17, 15) is 4.79 Å². The van der Waals surface area contributed by atoms with Gasteiger partial charge in [-0.3, -0.25) is 9.08 Å². The van der Waals surface area contributed by atoms with Crippen LogP contribution in [0.4, 0.5) is 16.3 Å². The van der Waals surface area contributed by atoms with Crippen molar-refractivity contribution in [1.82, 2.24) is 38.6 Å². The van der Waals surface area contributed by atoms with Crippen LogP contribution in [0.3, 0.4) is 0 Å². The van der Waals surface area contributed by atoms with Crippen LogP contribution in [0.1, 0.15) is 32.9 Å². The molecule has 1 aromatic carbocycles. The van der Waals surface area contributed by atoms with E-state index in [1.54, 1.807) is 22.1 Å². The Labute approximate surface area is 231 Å². The molecular weight excluding hydrogens is 506 g/mol. The van der Waals surface area contributed by atoms with Gasteiger partial charge in [0, 0.05) is 55.3 Å².